The molecule has 0 N–H and O–H groups in total. The maximum atomic E-state index is 10.1. The maximum absolute atomic E-state index is 10.1. The molecule has 0 fully saturated rings. The number of halogens is 1. The summed E-state index contributed by atoms with van der Waals surface area (Å²) in [6, 6.07) is 1.61. The lowest BCUT2D eigenvalue weighted by molar-refractivity contribution is 0.173. The Labute approximate surface area is 96.6 Å². The van der Waals surface area contributed by atoms with Crippen molar-refractivity contribution in [3.05, 3.63) is 16.7 Å². The number of hydrogen-bond donors (Lipinski definition) is 0. The van der Waals surface area contributed by atoms with Crippen LogP contribution in [0.4, 0.5) is 0 Å². The normalized spacial score (nSPS) is 12.1. The van der Waals surface area contributed by atoms with Gasteiger partial charge in [0.1, 0.15) is 5.75 Å². The third-order valence-corrected chi connectivity index (χ3v) is 2.45. The van der Waals surface area contributed by atoms with Gasteiger partial charge in [-0.05, 0) is 0 Å². The standard InChI is InChI=1S/C10H8ClNO4/c1-14-9-6(3-12-4-13)10-8(2-7(9)11)15-5-16-10/h2H,3,5H2,1H3. The molecule has 1 aliphatic heterocycles. The molecule has 5 nitrogen and oxygen atoms in total. The van der Waals surface area contributed by atoms with Gasteiger partial charge in [-0.15, -0.1) is 0 Å². The van der Waals surface area contributed by atoms with Crippen LogP contribution in [0.2, 0.25) is 5.02 Å². The van der Waals surface area contributed by atoms with Gasteiger partial charge in [-0.3, -0.25) is 0 Å². The molecule has 2 rings (SSSR count). The molecular formula is C10H8ClNO4. The zero-order valence-corrected chi connectivity index (χ0v) is 9.21. The summed E-state index contributed by atoms with van der Waals surface area (Å²) in [5.74, 6) is 1.48. The molecular weight excluding hydrogens is 234 g/mol. The van der Waals surface area contributed by atoms with Crippen LogP contribution in [-0.2, 0) is 11.3 Å². The first-order valence-corrected chi connectivity index (χ1v) is 4.84. The summed E-state index contributed by atoms with van der Waals surface area (Å²) in [4.78, 5) is 13.6. The van der Waals surface area contributed by atoms with Crippen molar-refractivity contribution >= 4 is 17.7 Å². The number of methoxy groups -OCH3 is 1. The van der Waals surface area contributed by atoms with Crippen molar-refractivity contribution in [3.8, 4) is 17.2 Å². The first-order valence-electron chi connectivity index (χ1n) is 4.46. The van der Waals surface area contributed by atoms with E-state index in [4.69, 9.17) is 25.8 Å². The van der Waals surface area contributed by atoms with Crippen LogP contribution in [0.15, 0.2) is 11.1 Å². The molecule has 0 aliphatic carbocycles. The molecule has 0 amide bonds. The van der Waals surface area contributed by atoms with E-state index in [-0.39, 0.29) is 13.3 Å². The summed E-state index contributed by atoms with van der Waals surface area (Å²) in [7, 11) is 1.48. The first kappa shape index (κ1) is 10.8. The van der Waals surface area contributed by atoms with E-state index in [9.17, 15) is 4.79 Å². The molecule has 0 spiro atoms. The van der Waals surface area contributed by atoms with E-state index in [1.165, 1.54) is 13.2 Å². The van der Waals surface area contributed by atoms with Crippen LogP contribution in [0.1, 0.15) is 5.56 Å². The summed E-state index contributed by atoms with van der Waals surface area (Å²) in [5, 5.41) is 0.392. The molecule has 0 bridgehead atoms. The Morgan fingerprint density at radius 3 is 3.12 bits per heavy atom. The Morgan fingerprint density at radius 1 is 1.62 bits per heavy atom. The van der Waals surface area contributed by atoms with Crippen molar-refractivity contribution in [3.63, 3.8) is 0 Å². The van der Waals surface area contributed by atoms with Gasteiger partial charge in [0.15, 0.2) is 11.5 Å². The van der Waals surface area contributed by atoms with E-state index in [0.717, 1.165) is 0 Å². The summed E-state index contributed by atoms with van der Waals surface area (Å²) in [5.41, 5.74) is 0.589. The summed E-state index contributed by atoms with van der Waals surface area (Å²) < 4.78 is 15.6. The highest BCUT2D eigenvalue weighted by molar-refractivity contribution is 6.32. The minimum Gasteiger partial charge on any atom is -0.495 e. The third-order valence-electron chi connectivity index (χ3n) is 2.17. The highest BCUT2D eigenvalue weighted by Crippen LogP contribution is 2.45. The maximum Gasteiger partial charge on any atom is 0.235 e. The number of aliphatic imine (C=N–C) groups is 1. The molecule has 1 aromatic rings. The topological polar surface area (TPSA) is 57.1 Å². The van der Waals surface area contributed by atoms with Crippen molar-refractivity contribution in [2.75, 3.05) is 13.9 Å². The molecule has 0 radical (unpaired) electrons. The van der Waals surface area contributed by atoms with Gasteiger partial charge in [0.05, 0.1) is 24.2 Å². The molecule has 0 saturated heterocycles. The molecule has 1 aromatic carbocycles. The van der Waals surface area contributed by atoms with Crippen LogP contribution >= 0.6 is 11.6 Å². The Bertz CT molecular complexity index is 465. The third kappa shape index (κ3) is 1.71. The second-order valence-corrected chi connectivity index (χ2v) is 3.42. The Balaban J connectivity index is 2.56. The van der Waals surface area contributed by atoms with Gasteiger partial charge in [0.25, 0.3) is 0 Å². The fourth-order valence-electron chi connectivity index (χ4n) is 1.54. The number of fused-ring (bicyclic) bond motifs is 1. The van der Waals surface area contributed by atoms with Crippen molar-refractivity contribution in [1.82, 2.24) is 0 Å². The predicted octanol–water partition coefficient (Wildman–Crippen LogP) is 1.91. The number of isocyanates is 1. The van der Waals surface area contributed by atoms with Crippen molar-refractivity contribution in [1.29, 1.82) is 0 Å². The molecule has 0 unspecified atom stereocenters. The lowest BCUT2D eigenvalue weighted by Crippen LogP contribution is -1.96. The first-order chi connectivity index (χ1) is 7.77. The fourth-order valence-corrected chi connectivity index (χ4v) is 1.83. The fraction of sp³-hybridized carbons (Fsp3) is 0.300. The largest absolute Gasteiger partial charge is 0.495 e. The van der Waals surface area contributed by atoms with E-state index in [2.05, 4.69) is 4.99 Å². The predicted molar refractivity (Wildman–Crippen MR) is 56.0 cm³/mol. The minimum absolute atomic E-state index is 0.0962. The number of carbonyl (C=O) groups excluding carboxylic acids is 1. The lowest BCUT2D eigenvalue weighted by Gasteiger charge is -2.10. The quantitative estimate of drug-likeness (QED) is 0.599. The van der Waals surface area contributed by atoms with Crippen molar-refractivity contribution in [2.24, 2.45) is 4.99 Å². The van der Waals surface area contributed by atoms with E-state index in [1.54, 1.807) is 6.07 Å². The average molecular weight is 242 g/mol. The average Bonchev–Trinajstić information content (AvgIpc) is 2.72. The van der Waals surface area contributed by atoms with E-state index in [0.29, 0.717) is 27.8 Å². The Hall–Kier alpha value is -1.71. The zero-order valence-electron chi connectivity index (χ0n) is 8.45. The number of benzene rings is 1. The number of nitrogens with zero attached hydrogens (tertiary/aromatic N) is 1. The van der Waals surface area contributed by atoms with Crippen LogP contribution in [0, 0.1) is 0 Å². The van der Waals surface area contributed by atoms with Crippen LogP contribution in [0.25, 0.3) is 0 Å². The number of hydrogen-bond acceptors (Lipinski definition) is 5. The summed E-state index contributed by atoms with van der Waals surface area (Å²) in [6.45, 7) is 0.218. The van der Waals surface area contributed by atoms with E-state index >= 15 is 0 Å². The highest BCUT2D eigenvalue weighted by Gasteiger charge is 2.24. The van der Waals surface area contributed by atoms with E-state index in [1.807, 2.05) is 0 Å². The molecule has 84 valence electrons. The van der Waals surface area contributed by atoms with Gasteiger partial charge in [-0.1, -0.05) is 11.6 Å². The van der Waals surface area contributed by atoms with Crippen molar-refractivity contribution < 1.29 is 19.0 Å². The molecule has 0 saturated carbocycles. The van der Waals surface area contributed by atoms with Crippen LogP contribution in [0.5, 0.6) is 17.2 Å². The second kappa shape index (κ2) is 4.43. The smallest absolute Gasteiger partial charge is 0.235 e. The summed E-state index contributed by atoms with van der Waals surface area (Å²) in [6.07, 6.45) is 1.46. The van der Waals surface area contributed by atoms with Crippen LogP contribution < -0.4 is 14.2 Å². The van der Waals surface area contributed by atoms with Crippen LogP contribution in [-0.4, -0.2) is 20.0 Å². The zero-order chi connectivity index (χ0) is 11.5. The van der Waals surface area contributed by atoms with Gasteiger partial charge in [0.2, 0.25) is 12.9 Å². The SMILES string of the molecule is COc1c(Cl)cc2c(c1CN=C=O)OCO2. The number of ether oxygens (including phenoxy) is 3. The lowest BCUT2D eigenvalue weighted by atomic mass is 10.1. The minimum atomic E-state index is 0.0962. The van der Waals surface area contributed by atoms with Gasteiger partial charge < -0.3 is 14.2 Å². The van der Waals surface area contributed by atoms with Crippen LogP contribution in [0.3, 0.4) is 0 Å². The number of rotatable bonds is 3. The van der Waals surface area contributed by atoms with E-state index < -0.39 is 0 Å². The molecule has 6 heteroatoms. The monoisotopic (exact) mass is 241 g/mol. The molecule has 16 heavy (non-hydrogen) atoms. The van der Waals surface area contributed by atoms with Gasteiger partial charge >= 0.3 is 0 Å². The van der Waals surface area contributed by atoms with Gasteiger partial charge in [-0.2, -0.15) is 0 Å². The molecule has 0 atom stereocenters. The van der Waals surface area contributed by atoms with Gasteiger partial charge in [0, 0.05) is 6.07 Å². The molecule has 1 aliphatic rings. The second-order valence-electron chi connectivity index (χ2n) is 3.01. The highest BCUT2D eigenvalue weighted by atomic mass is 35.5. The van der Waals surface area contributed by atoms with Crippen molar-refractivity contribution in [2.45, 2.75) is 6.54 Å². The molecule has 0 aromatic heterocycles. The Kier molecular flexibility index (Phi) is 2.99. The molecule has 1 heterocycles. The van der Waals surface area contributed by atoms with Gasteiger partial charge in [-0.25, -0.2) is 9.79 Å². The summed E-state index contributed by atoms with van der Waals surface area (Å²) >= 11 is 5.99. The Morgan fingerprint density at radius 2 is 2.44 bits per heavy atom.